The maximum Gasteiger partial charge on any atom is 0.263 e. The SMILES string of the molecule is N#CCn1c(CNC2CCCCCC2)nc2scc(-c3ccccc3)c2c1=O. The minimum absolute atomic E-state index is 0.0214. The molecule has 144 valence electrons. The molecule has 1 saturated carbocycles. The summed E-state index contributed by atoms with van der Waals surface area (Å²) in [6, 6.07) is 12.5. The van der Waals surface area contributed by atoms with Crippen molar-refractivity contribution in [2.24, 2.45) is 0 Å². The van der Waals surface area contributed by atoms with Crippen LogP contribution in [-0.4, -0.2) is 15.6 Å². The summed E-state index contributed by atoms with van der Waals surface area (Å²) < 4.78 is 1.53. The van der Waals surface area contributed by atoms with Crippen LogP contribution in [0.1, 0.15) is 44.3 Å². The number of aromatic nitrogens is 2. The molecule has 1 aliphatic carbocycles. The number of hydrogen-bond acceptors (Lipinski definition) is 5. The van der Waals surface area contributed by atoms with E-state index in [0.717, 1.165) is 16.0 Å². The highest BCUT2D eigenvalue weighted by Crippen LogP contribution is 2.30. The Morgan fingerprint density at radius 3 is 2.64 bits per heavy atom. The van der Waals surface area contributed by atoms with Crippen LogP contribution in [0.2, 0.25) is 0 Å². The van der Waals surface area contributed by atoms with Gasteiger partial charge in [-0.05, 0) is 18.4 Å². The molecule has 1 fully saturated rings. The zero-order chi connectivity index (χ0) is 19.3. The summed E-state index contributed by atoms with van der Waals surface area (Å²) in [7, 11) is 0. The molecule has 6 heteroatoms. The summed E-state index contributed by atoms with van der Waals surface area (Å²) in [5.41, 5.74) is 1.78. The molecule has 0 aliphatic heterocycles. The molecule has 0 spiro atoms. The van der Waals surface area contributed by atoms with E-state index >= 15 is 0 Å². The molecule has 1 N–H and O–H groups in total. The summed E-state index contributed by atoms with van der Waals surface area (Å²) in [5, 5.41) is 15.5. The van der Waals surface area contributed by atoms with E-state index in [1.165, 1.54) is 54.4 Å². The molecule has 28 heavy (non-hydrogen) atoms. The maximum absolute atomic E-state index is 13.3. The van der Waals surface area contributed by atoms with Gasteiger partial charge in [0.25, 0.3) is 5.56 Å². The molecule has 0 saturated heterocycles. The highest BCUT2D eigenvalue weighted by atomic mass is 32.1. The fraction of sp³-hybridized carbons (Fsp3) is 0.409. The van der Waals surface area contributed by atoms with Crippen molar-refractivity contribution in [3.63, 3.8) is 0 Å². The van der Waals surface area contributed by atoms with E-state index in [9.17, 15) is 10.1 Å². The molecule has 3 aromatic rings. The summed E-state index contributed by atoms with van der Waals surface area (Å²) in [4.78, 5) is 18.8. The molecule has 0 bridgehead atoms. The first kappa shape index (κ1) is 18.9. The standard InChI is InChI=1S/C22H24N4OS/c23-12-13-26-19(14-24-17-10-6-1-2-7-11-17)25-21-20(22(26)27)18(15-28-21)16-8-4-3-5-9-16/h3-5,8-9,15,17,24H,1-2,6-7,10-11,13-14H2. The number of nitrogens with one attached hydrogen (secondary N) is 1. The third-order valence-electron chi connectivity index (χ3n) is 5.49. The van der Waals surface area contributed by atoms with Gasteiger partial charge in [-0.1, -0.05) is 56.0 Å². The van der Waals surface area contributed by atoms with Gasteiger partial charge in [0.15, 0.2) is 0 Å². The summed E-state index contributed by atoms with van der Waals surface area (Å²) in [6.45, 7) is 0.545. The average Bonchev–Trinajstić information content (AvgIpc) is 2.97. The lowest BCUT2D eigenvalue weighted by Gasteiger charge is -2.17. The third-order valence-corrected chi connectivity index (χ3v) is 6.36. The Bertz CT molecular complexity index is 1040. The van der Waals surface area contributed by atoms with Gasteiger partial charge in [0, 0.05) is 17.0 Å². The van der Waals surface area contributed by atoms with Gasteiger partial charge in [0.1, 0.15) is 17.2 Å². The first-order chi connectivity index (χ1) is 13.8. The van der Waals surface area contributed by atoms with Crippen molar-refractivity contribution in [3.05, 3.63) is 51.9 Å². The van der Waals surface area contributed by atoms with Crippen LogP contribution in [0.25, 0.3) is 21.3 Å². The molecule has 5 nitrogen and oxygen atoms in total. The van der Waals surface area contributed by atoms with Crippen molar-refractivity contribution in [1.29, 1.82) is 5.26 Å². The molecule has 0 atom stereocenters. The Balaban J connectivity index is 1.70. The molecule has 1 aromatic carbocycles. The van der Waals surface area contributed by atoms with E-state index in [2.05, 4.69) is 11.4 Å². The number of rotatable bonds is 5. The van der Waals surface area contributed by atoms with E-state index in [1.807, 2.05) is 35.7 Å². The fourth-order valence-electron chi connectivity index (χ4n) is 3.98. The largest absolute Gasteiger partial charge is 0.307 e. The quantitative estimate of drug-likeness (QED) is 0.651. The maximum atomic E-state index is 13.3. The number of nitrogens with zero attached hydrogens (tertiary/aromatic N) is 3. The first-order valence-electron chi connectivity index (χ1n) is 9.94. The van der Waals surface area contributed by atoms with Crippen molar-refractivity contribution in [3.8, 4) is 17.2 Å². The van der Waals surface area contributed by atoms with E-state index in [4.69, 9.17) is 4.98 Å². The van der Waals surface area contributed by atoms with Gasteiger partial charge in [0.2, 0.25) is 0 Å². The van der Waals surface area contributed by atoms with Gasteiger partial charge < -0.3 is 5.32 Å². The van der Waals surface area contributed by atoms with Crippen LogP contribution in [0.3, 0.4) is 0 Å². The number of hydrogen-bond donors (Lipinski definition) is 1. The van der Waals surface area contributed by atoms with Crippen LogP contribution in [0.15, 0.2) is 40.5 Å². The zero-order valence-electron chi connectivity index (χ0n) is 15.9. The van der Waals surface area contributed by atoms with Gasteiger partial charge in [0.05, 0.1) is 18.0 Å². The summed E-state index contributed by atoms with van der Waals surface area (Å²) in [5.74, 6) is 0.657. The Labute approximate surface area is 168 Å². The third kappa shape index (κ3) is 3.87. The van der Waals surface area contributed by atoms with Crippen molar-refractivity contribution < 1.29 is 0 Å². The van der Waals surface area contributed by atoms with Gasteiger partial charge in [-0.25, -0.2) is 4.98 Å². The summed E-state index contributed by atoms with van der Waals surface area (Å²) in [6.07, 6.45) is 7.45. The monoisotopic (exact) mass is 392 g/mol. The molecule has 1 aliphatic rings. The predicted octanol–water partition coefficient (Wildman–Crippen LogP) is 4.46. The molecule has 2 heterocycles. The van der Waals surface area contributed by atoms with Gasteiger partial charge in [-0.3, -0.25) is 9.36 Å². The second kappa shape index (κ2) is 8.68. The second-order valence-electron chi connectivity index (χ2n) is 7.34. The number of benzene rings is 1. The van der Waals surface area contributed by atoms with Gasteiger partial charge in [-0.15, -0.1) is 11.3 Å². The van der Waals surface area contributed by atoms with Crippen LogP contribution in [-0.2, 0) is 13.1 Å². The minimum Gasteiger partial charge on any atom is -0.307 e. The van der Waals surface area contributed by atoms with Crippen LogP contribution >= 0.6 is 11.3 Å². The Morgan fingerprint density at radius 2 is 1.93 bits per heavy atom. The normalized spacial score (nSPS) is 15.4. The van der Waals surface area contributed by atoms with E-state index in [-0.39, 0.29) is 12.1 Å². The molecule has 2 aromatic heterocycles. The zero-order valence-corrected chi connectivity index (χ0v) is 16.7. The lowest BCUT2D eigenvalue weighted by molar-refractivity contribution is 0.445. The molecular formula is C22H24N4OS. The van der Waals surface area contributed by atoms with Crippen LogP contribution in [0.4, 0.5) is 0 Å². The highest BCUT2D eigenvalue weighted by Gasteiger charge is 2.18. The second-order valence-corrected chi connectivity index (χ2v) is 8.20. The molecular weight excluding hydrogens is 368 g/mol. The van der Waals surface area contributed by atoms with Gasteiger partial charge >= 0.3 is 0 Å². The van der Waals surface area contributed by atoms with Gasteiger partial charge in [-0.2, -0.15) is 5.26 Å². The van der Waals surface area contributed by atoms with E-state index in [1.54, 1.807) is 0 Å². The topological polar surface area (TPSA) is 70.7 Å². The van der Waals surface area contributed by atoms with E-state index < -0.39 is 0 Å². The predicted molar refractivity (Wildman–Crippen MR) is 113 cm³/mol. The lowest BCUT2D eigenvalue weighted by Crippen LogP contribution is -2.33. The molecule has 0 amide bonds. The smallest absolute Gasteiger partial charge is 0.263 e. The average molecular weight is 393 g/mol. The fourth-order valence-corrected chi connectivity index (χ4v) is 4.94. The van der Waals surface area contributed by atoms with Crippen LogP contribution in [0.5, 0.6) is 0 Å². The lowest BCUT2D eigenvalue weighted by atomic mass is 10.1. The highest BCUT2D eigenvalue weighted by molar-refractivity contribution is 7.17. The Kier molecular flexibility index (Phi) is 5.84. The summed E-state index contributed by atoms with van der Waals surface area (Å²) >= 11 is 1.49. The first-order valence-corrected chi connectivity index (χ1v) is 10.8. The minimum atomic E-state index is -0.121. The molecule has 0 unspecified atom stereocenters. The van der Waals surface area contributed by atoms with E-state index in [0.29, 0.717) is 23.8 Å². The Hall–Kier alpha value is -2.49. The number of fused-ring (bicyclic) bond motifs is 1. The van der Waals surface area contributed by atoms with Crippen LogP contribution in [0, 0.1) is 11.3 Å². The molecule has 4 rings (SSSR count). The Morgan fingerprint density at radius 1 is 1.18 bits per heavy atom. The van der Waals surface area contributed by atoms with Crippen molar-refractivity contribution in [2.75, 3.05) is 0 Å². The molecule has 0 radical (unpaired) electrons. The number of thiophene rings is 1. The van der Waals surface area contributed by atoms with Crippen molar-refractivity contribution in [1.82, 2.24) is 14.9 Å². The van der Waals surface area contributed by atoms with Crippen LogP contribution < -0.4 is 10.9 Å². The van der Waals surface area contributed by atoms with Crippen molar-refractivity contribution in [2.45, 2.75) is 57.7 Å². The van der Waals surface area contributed by atoms with Crippen molar-refractivity contribution >= 4 is 21.6 Å². The number of nitriles is 1.